The number of anilines is 1. The minimum absolute atomic E-state index is 0.126. The molecule has 35 heavy (non-hydrogen) atoms. The third-order valence-corrected chi connectivity index (χ3v) is 6.12. The van der Waals surface area contributed by atoms with Gasteiger partial charge in [0.2, 0.25) is 5.91 Å². The molecule has 0 bridgehead atoms. The predicted molar refractivity (Wildman–Crippen MR) is 144 cm³/mol. The number of nitrogens with one attached hydrogen (secondary N) is 3. The number of fused-ring (bicyclic) bond motifs is 1. The van der Waals surface area contributed by atoms with E-state index in [9.17, 15) is 9.18 Å². The lowest BCUT2D eigenvalue weighted by molar-refractivity contribution is -0.115. The van der Waals surface area contributed by atoms with E-state index in [4.69, 9.17) is 11.6 Å². The molecule has 1 amide bonds. The van der Waals surface area contributed by atoms with Gasteiger partial charge in [0.25, 0.3) is 0 Å². The number of hydrogen-bond donors (Lipinski definition) is 3. The van der Waals surface area contributed by atoms with Crippen molar-refractivity contribution in [3.05, 3.63) is 46.6 Å². The second-order valence-electron chi connectivity index (χ2n) is 11.2. The number of hydrogen-bond acceptors (Lipinski definition) is 4. The molecule has 0 radical (unpaired) electrons. The molecule has 2 aromatic rings. The van der Waals surface area contributed by atoms with Gasteiger partial charge in [0, 0.05) is 30.4 Å². The van der Waals surface area contributed by atoms with Crippen LogP contribution in [0, 0.1) is 11.2 Å². The van der Waals surface area contributed by atoms with Gasteiger partial charge in [-0.15, -0.1) is 0 Å². The third kappa shape index (κ3) is 9.54. The SMILES string of the molecule is CC(C)(C)CNCC(C)(C)n1cnc(NC(=O)CNC2CCc3cc(F)cc(Cl)c3C2)c1.CCC. The van der Waals surface area contributed by atoms with Crippen LogP contribution >= 0.6 is 11.6 Å². The molecule has 0 saturated carbocycles. The monoisotopic (exact) mass is 507 g/mol. The first-order valence-electron chi connectivity index (χ1n) is 12.6. The van der Waals surface area contributed by atoms with E-state index in [0.717, 1.165) is 37.1 Å². The Bertz CT molecular complexity index is 967. The number of aromatic nitrogens is 2. The van der Waals surface area contributed by atoms with E-state index >= 15 is 0 Å². The van der Waals surface area contributed by atoms with Gasteiger partial charge in [-0.25, -0.2) is 9.37 Å². The molecule has 1 heterocycles. The predicted octanol–water partition coefficient (Wildman–Crippen LogP) is 5.55. The summed E-state index contributed by atoms with van der Waals surface area (Å²) in [7, 11) is 0. The van der Waals surface area contributed by atoms with Gasteiger partial charge < -0.3 is 20.5 Å². The molecule has 1 aromatic carbocycles. The van der Waals surface area contributed by atoms with Crippen molar-refractivity contribution in [2.24, 2.45) is 5.41 Å². The number of amides is 1. The second kappa shape index (κ2) is 12.8. The number of imidazole rings is 1. The van der Waals surface area contributed by atoms with Gasteiger partial charge in [-0.3, -0.25) is 4.79 Å². The van der Waals surface area contributed by atoms with Crippen LogP contribution < -0.4 is 16.0 Å². The maximum Gasteiger partial charge on any atom is 0.239 e. The van der Waals surface area contributed by atoms with Crippen LogP contribution in [0.2, 0.25) is 5.02 Å². The Hall–Kier alpha value is -1.96. The summed E-state index contributed by atoms with van der Waals surface area (Å²) in [5.74, 6) is 0.0928. The van der Waals surface area contributed by atoms with Crippen LogP contribution in [0.25, 0.3) is 0 Å². The van der Waals surface area contributed by atoms with E-state index in [2.05, 4.69) is 69.4 Å². The van der Waals surface area contributed by atoms with Gasteiger partial charge >= 0.3 is 0 Å². The lowest BCUT2D eigenvalue weighted by Gasteiger charge is -2.29. The Morgan fingerprint density at radius 3 is 2.54 bits per heavy atom. The summed E-state index contributed by atoms with van der Waals surface area (Å²) in [4.78, 5) is 16.8. The van der Waals surface area contributed by atoms with Gasteiger partial charge in [0.15, 0.2) is 5.82 Å². The Balaban J connectivity index is 0.00000137. The van der Waals surface area contributed by atoms with Gasteiger partial charge in [0.05, 0.1) is 18.4 Å². The summed E-state index contributed by atoms with van der Waals surface area (Å²) >= 11 is 6.21. The highest BCUT2D eigenvalue weighted by Gasteiger charge is 2.23. The van der Waals surface area contributed by atoms with Crippen LogP contribution in [0.4, 0.5) is 10.2 Å². The summed E-state index contributed by atoms with van der Waals surface area (Å²) in [5, 5.41) is 10.1. The maximum atomic E-state index is 13.5. The highest BCUT2D eigenvalue weighted by atomic mass is 35.5. The first-order chi connectivity index (χ1) is 16.3. The Labute approximate surface area is 215 Å². The number of aryl methyl sites for hydroxylation is 1. The molecule has 3 N–H and O–H groups in total. The average Bonchev–Trinajstić information content (AvgIpc) is 3.21. The van der Waals surface area contributed by atoms with Crippen molar-refractivity contribution < 1.29 is 9.18 Å². The van der Waals surface area contributed by atoms with E-state index < -0.39 is 0 Å². The Kier molecular flexibility index (Phi) is 10.7. The first kappa shape index (κ1) is 29.3. The Morgan fingerprint density at radius 1 is 1.20 bits per heavy atom. The van der Waals surface area contributed by atoms with Gasteiger partial charge in [-0.2, -0.15) is 0 Å². The molecule has 6 nitrogen and oxygen atoms in total. The summed E-state index contributed by atoms with van der Waals surface area (Å²) in [6, 6.07) is 3.04. The molecule has 1 aliphatic carbocycles. The molecule has 1 aromatic heterocycles. The summed E-state index contributed by atoms with van der Waals surface area (Å²) in [6.07, 6.45) is 7.13. The Morgan fingerprint density at radius 2 is 1.89 bits per heavy atom. The number of rotatable bonds is 8. The van der Waals surface area contributed by atoms with Crippen molar-refractivity contribution >= 4 is 23.3 Å². The molecule has 1 atom stereocenters. The minimum atomic E-state index is -0.299. The maximum absolute atomic E-state index is 13.5. The quantitative estimate of drug-likeness (QED) is 0.438. The van der Waals surface area contributed by atoms with Crippen molar-refractivity contribution in [1.29, 1.82) is 0 Å². The lowest BCUT2D eigenvalue weighted by atomic mass is 9.88. The fraction of sp³-hybridized carbons (Fsp3) is 0.630. The number of carbonyl (C=O) groups is 1. The van der Waals surface area contributed by atoms with E-state index in [1.54, 1.807) is 12.4 Å². The van der Waals surface area contributed by atoms with Crippen LogP contribution in [0.3, 0.4) is 0 Å². The lowest BCUT2D eigenvalue weighted by Crippen LogP contribution is -2.40. The van der Waals surface area contributed by atoms with E-state index in [0.29, 0.717) is 17.3 Å². The van der Waals surface area contributed by atoms with Crippen molar-refractivity contribution in [3.63, 3.8) is 0 Å². The largest absolute Gasteiger partial charge is 0.328 e. The molecule has 196 valence electrons. The molecule has 0 saturated heterocycles. The highest BCUT2D eigenvalue weighted by Crippen LogP contribution is 2.29. The second-order valence-corrected chi connectivity index (χ2v) is 11.7. The van der Waals surface area contributed by atoms with Gasteiger partial charge in [-0.1, -0.05) is 52.6 Å². The number of halogens is 2. The molecule has 1 unspecified atom stereocenters. The van der Waals surface area contributed by atoms with Crippen LogP contribution in [0.15, 0.2) is 24.7 Å². The molecule has 8 heteroatoms. The van der Waals surface area contributed by atoms with Crippen molar-refractivity contribution in [2.45, 2.75) is 85.7 Å². The number of carbonyl (C=O) groups excluding carboxylic acids is 1. The molecule has 3 rings (SSSR count). The molecule has 0 fully saturated rings. The number of benzene rings is 1. The van der Waals surface area contributed by atoms with Gasteiger partial charge in [-0.05, 0) is 61.8 Å². The fourth-order valence-corrected chi connectivity index (χ4v) is 4.24. The topological polar surface area (TPSA) is 71.0 Å². The fourth-order valence-electron chi connectivity index (χ4n) is 3.94. The third-order valence-electron chi connectivity index (χ3n) is 5.78. The normalized spacial score (nSPS) is 15.7. The van der Waals surface area contributed by atoms with Crippen LogP contribution in [-0.4, -0.2) is 41.1 Å². The number of nitrogens with zero attached hydrogens (tertiary/aromatic N) is 2. The first-order valence-corrected chi connectivity index (χ1v) is 13.0. The van der Waals surface area contributed by atoms with Crippen LogP contribution in [-0.2, 0) is 23.2 Å². The minimum Gasteiger partial charge on any atom is -0.328 e. The molecule has 0 spiro atoms. The zero-order chi connectivity index (χ0) is 26.2. The highest BCUT2D eigenvalue weighted by molar-refractivity contribution is 6.31. The van der Waals surface area contributed by atoms with E-state index in [-0.39, 0.29) is 35.3 Å². The van der Waals surface area contributed by atoms with Crippen molar-refractivity contribution in [3.8, 4) is 0 Å². The zero-order valence-corrected chi connectivity index (χ0v) is 23.2. The molecular formula is C27H43ClFN5O. The van der Waals surface area contributed by atoms with Crippen LogP contribution in [0.1, 0.15) is 72.4 Å². The summed E-state index contributed by atoms with van der Waals surface area (Å²) in [5.41, 5.74) is 1.98. The van der Waals surface area contributed by atoms with Gasteiger partial charge in [0.1, 0.15) is 5.82 Å². The van der Waals surface area contributed by atoms with E-state index in [1.807, 2.05) is 10.8 Å². The van der Waals surface area contributed by atoms with E-state index in [1.165, 1.54) is 12.5 Å². The zero-order valence-electron chi connectivity index (χ0n) is 22.4. The smallest absolute Gasteiger partial charge is 0.239 e. The molecular weight excluding hydrogens is 465 g/mol. The molecule has 1 aliphatic rings. The summed E-state index contributed by atoms with van der Waals surface area (Å²) in [6.45, 7) is 17.0. The van der Waals surface area contributed by atoms with Crippen molar-refractivity contribution in [1.82, 2.24) is 20.2 Å². The molecule has 0 aliphatic heterocycles. The summed E-state index contributed by atoms with van der Waals surface area (Å²) < 4.78 is 15.6. The average molecular weight is 508 g/mol. The van der Waals surface area contributed by atoms with Crippen molar-refractivity contribution in [2.75, 3.05) is 25.0 Å². The van der Waals surface area contributed by atoms with Crippen LogP contribution in [0.5, 0.6) is 0 Å². The standard InChI is InChI=1S/C24H35ClFN5O.C3H8/c1-23(2,3)13-27-14-24(4,5)31-12-21(29-15-31)30-22(32)11-28-18-7-6-16-8-17(26)9-20(25)19(16)10-18;1-3-2/h8-9,12,15,18,27-28H,6-7,10-11,13-14H2,1-5H3,(H,30,32);3H2,1-2H3.